The van der Waals surface area contributed by atoms with Crippen LogP contribution in [0.1, 0.15) is 11.3 Å². The van der Waals surface area contributed by atoms with Gasteiger partial charge in [0.05, 0.1) is 51.8 Å². The molecule has 0 amide bonds. The zero-order chi connectivity index (χ0) is 14.7. The molecule has 2 aromatic carbocycles. The molecule has 102 valence electrons. The molecular weight excluding hydrogens is 284 g/mol. The number of anilines is 1. The minimum atomic E-state index is 0.516. The van der Waals surface area contributed by atoms with Crippen molar-refractivity contribution >= 4 is 28.3 Å². The molecule has 4 nitrogen and oxygen atoms in total. The molecule has 0 saturated heterocycles. The van der Waals surface area contributed by atoms with Gasteiger partial charge in [0.1, 0.15) is 0 Å². The zero-order valence-electron chi connectivity index (χ0n) is 11.0. The maximum absolute atomic E-state index is 8.81. The molecule has 0 unspecified atom stereocenters. The molecule has 5 heteroatoms. The van der Waals surface area contributed by atoms with Crippen molar-refractivity contribution in [2.24, 2.45) is 0 Å². The van der Waals surface area contributed by atoms with Crippen LogP contribution in [0.2, 0.25) is 5.02 Å². The van der Waals surface area contributed by atoms with Gasteiger partial charge in [0, 0.05) is 0 Å². The molecule has 3 aromatic rings. The first kappa shape index (κ1) is 13.3. The van der Waals surface area contributed by atoms with E-state index in [-0.39, 0.29) is 0 Å². The average Bonchev–Trinajstić information content (AvgIpc) is 2.53. The minimum absolute atomic E-state index is 0.516. The topological polar surface area (TPSA) is 61.6 Å². The first-order valence-corrected chi connectivity index (χ1v) is 6.78. The number of benzene rings is 2. The number of nitrogens with zero attached hydrogens (tertiary/aromatic N) is 3. The van der Waals surface area contributed by atoms with Crippen LogP contribution in [0.4, 0.5) is 5.69 Å². The summed E-state index contributed by atoms with van der Waals surface area (Å²) in [6.45, 7) is 0.517. The fourth-order valence-corrected chi connectivity index (χ4v) is 2.24. The first-order chi connectivity index (χ1) is 10.3. The van der Waals surface area contributed by atoms with Crippen LogP contribution in [-0.2, 0) is 6.54 Å². The number of aromatic nitrogens is 2. The van der Waals surface area contributed by atoms with Gasteiger partial charge in [0.15, 0.2) is 0 Å². The molecule has 1 heterocycles. The second-order valence-electron chi connectivity index (χ2n) is 4.51. The lowest BCUT2D eigenvalue weighted by Gasteiger charge is -2.08. The van der Waals surface area contributed by atoms with Crippen LogP contribution in [-0.4, -0.2) is 9.97 Å². The van der Waals surface area contributed by atoms with E-state index in [0.717, 1.165) is 22.4 Å². The third kappa shape index (κ3) is 2.93. The molecule has 21 heavy (non-hydrogen) atoms. The van der Waals surface area contributed by atoms with Crippen molar-refractivity contribution in [3.8, 4) is 6.07 Å². The molecule has 0 saturated carbocycles. The monoisotopic (exact) mass is 294 g/mol. The van der Waals surface area contributed by atoms with Gasteiger partial charge in [-0.25, -0.2) is 4.98 Å². The van der Waals surface area contributed by atoms with E-state index >= 15 is 0 Å². The molecule has 0 spiro atoms. The smallest absolute Gasteiger partial charge is 0.0992 e. The molecule has 0 atom stereocenters. The third-order valence-electron chi connectivity index (χ3n) is 3.06. The van der Waals surface area contributed by atoms with Gasteiger partial charge in [-0.3, -0.25) is 4.98 Å². The number of nitrogens with one attached hydrogen (secondary N) is 1. The van der Waals surface area contributed by atoms with Crippen LogP contribution in [0.25, 0.3) is 11.0 Å². The van der Waals surface area contributed by atoms with Crippen LogP contribution >= 0.6 is 11.6 Å². The Bertz CT molecular complexity index is 839. The highest BCUT2D eigenvalue weighted by atomic mass is 35.5. The van der Waals surface area contributed by atoms with E-state index in [1.54, 1.807) is 24.4 Å². The second-order valence-corrected chi connectivity index (χ2v) is 4.92. The average molecular weight is 295 g/mol. The summed E-state index contributed by atoms with van der Waals surface area (Å²) in [6, 6.07) is 14.9. The molecule has 0 bridgehead atoms. The predicted octanol–water partition coefficient (Wildman–Crippen LogP) is 3.77. The largest absolute Gasteiger partial charge is 0.378 e. The van der Waals surface area contributed by atoms with Crippen molar-refractivity contribution in [3.05, 3.63) is 64.9 Å². The highest BCUT2D eigenvalue weighted by Gasteiger charge is 2.03. The highest BCUT2D eigenvalue weighted by Crippen LogP contribution is 2.23. The Kier molecular flexibility index (Phi) is 3.67. The fraction of sp³-hybridized carbons (Fsp3) is 0.0625. The number of fused-ring (bicyclic) bond motifs is 1. The summed E-state index contributed by atoms with van der Waals surface area (Å²) in [6.07, 6.45) is 1.74. The van der Waals surface area contributed by atoms with E-state index in [9.17, 15) is 0 Å². The molecule has 1 N–H and O–H groups in total. The molecule has 0 radical (unpaired) electrons. The zero-order valence-corrected chi connectivity index (χ0v) is 11.8. The maximum atomic E-state index is 8.81. The van der Waals surface area contributed by atoms with E-state index in [4.69, 9.17) is 16.9 Å². The fourth-order valence-electron chi connectivity index (χ4n) is 1.99. The van der Waals surface area contributed by atoms with Crippen molar-refractivity contribution in [2.45, 2.75) is 6.54 Å². The van der Waals surface area contributed by atoms with Crippen molar-refractivity contribution in [1.82, 2.24) is 9.97 Å². The Balaban J connectivity index is 1.78. The molecular formula is C16H11ClN4. The summed E-state index contributed by atoms with van der Waals surface area (Å²) in [5.41, 5.74) is 3.87. The van der Waals surface area contributed by atoms with Gasteiger partial charge in [-0.2, -0.15) is 5.26 Å². The third-order valence-corrected chi connectivity index (χ3v) is 3.37. The number of halogens is 1. The van der Waals surface area contributed by atoms with Gasteiger partial charge >= 0.3 is 0 Å². The van der Waals surface area contributed by atoms with Crippen LogP contribution in [0.15, 0.2) is 48.7 Å². The lowest BCUT2D eigenvalue weighted by atomic mass is 10.2. The van der Waals surface area contributed by atoms with E-state index in [2.05, 4.69) is 21.4 Å². The number of nitriles is 1. The molecule has 1 aromatic heterocycles. The summed E-state index contributed by atoms with van der Waals surface area (Å²) in [5.74, 6) is 0. The lowest BCUT2D eigenvalue weighted by molar-refractivity contribution is 1.04. The number of rotatable bonds is 3. The highest BCUT2D eigenvalue weighted by molar-refractivity contribution is 6.33. The normalized spacial score (nSPS) is 10.3. The second kappa shape index (κ2) is 5.78. The molecule has 3 rings (SSSR count). The Morgan fingerprint density at radius 1 is 1.14 bits per heavy atom. The summed E-state index contributed by atoms with van der Waals surface area (Å²) in [4.78, 5) is 8.90. The van der Waals surface area contributed by atoms with Gasteiger partial charge < -0.3 is 5.32 Å². The van der Waals surface area contributed by atoms with Crippen molar-refractivity contribution in [1.29, 1.82) is 5.26 Å². The first-order valence-electron chi connectivity index (χ1n) is 6.40. The molecule has 0 fully saturated rings. The summed E-state index contributed by atoms with van der Waals surface area (Å²) in [7, 11) is 0. The van der Waals surface area contributed by atoms with E-state index in [1.807, 2.05) is 24.3 Å². The predicted molar refractivity (Wildman–Crippen MR) is 83.0 cm³/mol. The standard InChI is InChI=1S/C16H11ClN4/c17-13-7-11(8-18)5-6-14(13)19-9-12-10-20-15-3-1-2-4-16(15)21-12/h1-7,10,19H,9H2. The van der Waals surface area contributed by atoms with Crippen LogP contribution < -0.4 is 5.32 Å². The molecule has 0 aliphatic heterocycles. The van der Waals surface area contributed by atoms with Gasteiger partial charge in [0.2, 0.25) is 0 Å². The van der Waals surface area contributed by atoms with E-state index < -0.39 is 0 Å². The molecule has 0 aliphatic carbocycles. The van der Waals surface area contributed by atoms with E-state index in [1.165, 1.54) is 0 Å². The summed E-state index contributed by atoms with van der Waals surface area (Å²) >= 11 is 6.12. The number of hydrogen-bond acceptors (Lipinski definition) is 4. The van der Waals surface area contributed by atoms with Gasteiger partial charge in [-0.05, 0) is 30.3 Å². The Labute approximate surface area is 127 Å². The van der Waals surface area contributed by atoms with Gasteiger partial charge in [-0.15, -0.1) is 0 Å². The Hall–Kier alpha value is -2.64. The van der Waals surface area contributed by atoms with Crippen molar-refractivity contribution < 1.29 is 0 Å². The summed E-state index contributed by atoms with van der Waals surface area (Å²) < 4.78 is 0. The quantitative estimate of drug-likeness (QED) is 0.799. The Morgan fingerprint density at radius 2 is 1.95 bits per heavy atom. The number of para-hydroxylation sites is 2. The number of hydrogen-bond donors (Lipinski definition) is 1. The molecule has 0 aliphatic rings. The lowest BCUT2D eigenvalue weighted by Crippen LogP contribution is -2.03. The minimum Gasteiger partial charge on any atom is -0.378 e. The SMILES string of the molecule is N#Cc1ccc(NCc2cnc3ccccc3n2)c(Cl)c1. The summed E-state index contributed by atoms with van der Waals surface area (Å²) in [5, 5.41) is 12.5. The van der Waals surface area contributed by atoms with Crippen molar-refractivity contribution in [3.63, 3.8) is 0 Å². The van der Waals surface area contributed by atoms with Crippen molar-refractivity contribution in [2.75, 3.05) is 5.32 Å². The van der Waals surface area contributed by atoms with E-state index in [0.29, 0.717) is 17.1 Å². The maximum Gasteiger partial charge on any atom is 0.0992 e. The van der Waals surface area contributed by atoms with Gasteiger partial charge in [0.25, 0.3) is 0 Å². The van der Waals surface area contributed by atoms with Crippen LogP contribution in [0.5, 0.6) is 0 Å². The van der Waals surface area contributed by atoms with Crippen LogP contribution in [0, 0.1) is 11.3 Å². The Morgan fingerprint density at radius 3 is 2.71 bits per heavy atom. The van der Waals surface area contributed by atoms with Gasteiger partial charge in [-0.1, -0.05) is 23.7 Å². The van der Waals surface area contributed by atoms with Crippen LogP contribution in [0.3, 0.4) is 0 Å².